The van der Waals surface area contributed by atoms with Gasteiger partial charge in [0.15, 0.2) is 5.13 Å². The van der Waals surface area contributed by atoms with Crippen molar-refractivity contribution < 1.29 is 18.4 Å². The summed E-state index contributed by atoms with van der Waals surface area (Å²) in [4.78, 5) is 29.1. The van der Waals surface area contributed by atoms with Crippen LogP contribution in [0.3, 0.4) is 0 Å². The molecule has 1 saturated heterocycles. The molecule has 1 atom stereocenters. The highest BCUT2D eigenvalue weighted by Gasteiger charge is 2.30. The maximum atomic E-state index is 14.0. The number of aromatic nitrogens is 1. The van der Waals surface area contributed by atoms with Crippen molar-refractivity contribution in [3.63, 3.8) is 0 Å². The number of nitrogens with one attached hydrogen (secondary N) is 3. The maximum Gasteiger partial charge on any atom is 0.251 e. The summed E-state index contributed by atoms with van der Waals surface area (Å²) < 4.78 is 27.9. The molecule has 5 N–H and O–H groups in total. The first-order valence-corrected chi connectivity index (χ1v) is 10.7. The minimum atomic E-state index is -0.964. The molecule has 1 aromatic heterocycles. The van der Waals surface area contributed by atoms with Gasteiger partial charge in [0.05, 0.1) is 11.1 Å². The maximum absolute atomic E-state index is 14.0. The molecular weight excluding hydrogens is 436 g/mol. The monoisotopic (exact) mass is 457 g/mol. The number of halogens is 2. The Labute approximate surface area is 187 Å². The molecule has 0 saturated carbocycles. The first-order valence-electron chi connectivity index (χ1n) is 9.91. The van der Waals surface area contributed by atoms with E-state index in [0.717, 1.165) is 43.0 Å². The van der Waals surface area contributed by atoms with E-state index in [1.807, 2.05) is 6.92 Å². The molecule has 166 valence electrons. The van der Waals surface area contributed by atoms with Crippen LogP contribution in [0.1, 0.15) is 38.9 Å². The standard InChI is InChI=1S/C22H21F2N5O2S/c1-22(9-10-26-11-22)29-20(31)12-5-7-13(8-6-12)27-21-28-19(25)18(32-21)17(30)16-14(23)3-2-4-15(16)24/h2-8,26H,9-11,25H2,1H3,(H,27,28)(H,29,31)/t22-/m0/s1. The fraction of sp³-hybridized carbons (Fsp3) is 0.227. The second-order valence-corrected chi connectivity index (χ2v) is 8.80. The van der Waals surface area contributed by atoms with Crippen LogP contribution in [0, 0.1) is 11.6 Å². The molecule has 2 heterocycles. The van der Waals surface area contributed by atoms with Gasteiger partial charge in [-0.2, -0.15) is 0 Å². The zero-order valence-electron chi connectivity index (χ0n) is 17.2. The number of anilines is 3. The Balaban J connectivity index is 1.47. The van der Waals surface area contributed by atoms with Crippen molar-refractivity contribution in [3.8, 4) is 0 Å². The predicted molar refractivity (Wildman–Crippen MR) is 119 cm³/mol. The van der Waals surface area contributed by atoms with Gasteiger partial charge in [-0.1, -0.05) is 17.4 Å². The van der Waals surface area contributed by atoms with Crippen LogP contribution < -0.4 is 21.7 Å². The number of benzene rings is 2. The second-order valence-electron chi connectivity index (χ2n) is 7.80. The SMILES string of the molecule is C[C@]1(NC(=O)c2ccc(Nc3nc(N)c(C(=O)c4c(F)cccc4F)s3)cc2)CCNC1. The summed E-state index contributed by atoms with van der Waals surface area (Å²) in [5.41, 5.74) is 6.00. The van der Waals surface area contributed by atoms with E-state index in [1.165, 1.54) is 6.07 Å². The van der Waals surface area contributed by atoms with Crippen molar-refractivity contribution in [2.24, 2.45) is 0 Å². The third-order valence-corrected chi connectivity index (χ3v) is 6.22. The Bertz CT molecular complexity index is 1150. The van der Waals surface area contributed by atoms with E-state index in [-0.39, 0.29) is 27.3 Å². The van der Waals surface area contributed by atoms with E-state index in [9.17, 15) is 18.4 Å². The summed E-state index contributed by atoms with van der Waals surface area (Å²) in [5.74, 6) is -3.09. The molecule has 4 rings (SSSR count). The van der Waals surface area contributed by atoms with E-state index in [0.29, 0.717) is 11.3 Å². The molecule has 1 aliphatic rings. The summed E-state index contributed by atoms with van der Waals surface area (Å²) in [6.45, 7) is 3.59. The van der Waals surface area contributed by atoms with E-state index >= 15 is 0 Å². The van der Waals surface area contributed by atoms with Crippen molar-refractivity contribution in [2.45, 2.75) is 18.9 Å². The molecule has 0 aliphatic carbocycles. The van der Waals surface area contributed by atoms with Gasteiger partial charge in [0.1, 0.15) is 22.3 Å². The number of ketones is 1. The van der Waals surface area contributed by atoms with Crippen LogP contribution >= 0.6 is 11.3 Å². The lowest BCUT2D eigenvalue weighted by Gasteiger charge is -2.24. The summed E-state index contributed by atoms with van der Waals surface area (Å²) in [7, 11) is 0. The second kappa shape index (κ2) is 8.64. The lowest BCUT2D eigenvalue weighted by molar-refractivity contribution is 0.0912. The summed E-state index contributed by atoms with van der Waals surface area (Å²) in [5, 5.41) is 9.55. The lowest BCUT2D eigenvalue weighted by atomic mass is 10.0. The fourth-order valence-electron chi connectivity index (χ4n) is 3.47. The van der Waals surface area contributed by atoms with Gasteiger partial charge in [-0.05, 0) is 56.3 Å². The van der Waals surface area contributed by atoms with E-state index < -0.39 is 23.0 Å². The molecule has 0 spiro atoms. The molecule has 1 fully saturated rings. The average Bonchev–Trinajstić information content (AvgIpc) is 3.33. The van der Waals surface area contributed by atoms with Crippen LogP contribution in [0.5, 0.6) is 0 Å². The van der Waals surface area contributed by atoms with Gasteiger partial charge >= 0.3 is 0 Å². The lowest BCUT2D eigenvalue weighted by Crippen LogP contribution is -2.47. The van der Waals surface area contributed by atoms with Gasteiger partial charge in [-0.25, -0.2) is 13.8 Å². The van der Waals surface area contributed by atoms with Crippen LogP contribution in [0.15, 0.2) is 42.5 Å². The highest BCUT2D eigenvalue weighted by molar-refractivity contribution is 7.18. The first-order chi connectivity index (χ1) is 15.3. The van der Waals surface area contributed by atoms with Crippen LogP contribution in [0.2, 0.25) is 0 Å². The number of carbonyl (C=O) groups is 2. The number of thiazole rings is 1. The normalized spacial score (nSPS) is 17.8. The number of nitrogens with two attached hydrogens (primary N) is 1. The number of nitrogens with zero attached hydrogens (tertiary/aromatic N) is 1. The fourth-order valence-corrected chi connectivity index (χ4v) is 4.33. The van der Waals surface area contributed by atoms with Crippen LogP contribution in [0.4, 0.5) is 25.4 Å². The minimum absolute atomic E-state index is 0.0640. The van der Waals surface area contributed by atoms with E-state index in [2.05, 4.69) is 20.9 Å². The van der Waals surface area contributed by atoms with Gasteiger partial charge in [0.25, 0.3) is 5.91 Å². The van der Waals surface area contributed by atoms with E-state index in [1.54, 1.807) is 24.3 Å². The minimum Gasteiger partial charge on any atom is -0.382 e. The Kier molecular flexibility index (Phi) is 5.90. The topological polar surface area (TPSA) is 109 Å². The first kappa shape index (κ1) is 21.8. The third kappa shape index (κ3) is 4.46. The van der Waals surface area contributed by atoms with Crippen molar-refractivity contribution in [2.75, 3.05) is 24.1 Å². The van der Waals surface area contributed by atoms with Crippen LogP contribution in [-0.4, -0.2) is 35.3 Å². The van der Waals surface area contributed by atoms with Gasteiger partial charge in [0, 0.05) is 17.8 Å². The number of rotatable bonds is 6. The molecule has 1 amide bonds. The average molecular weight is 458 g/mol. The van der Waals surface area contributed by atoms with Crippen LogP contribution in [-0.2, 0) is 0 Å². The Morgan fingerprint density at radius 3 is 2.47 bits per heavy atom. The summed E-state index contributed by atoms with van der Waals surface area (Å²) in [6, 6.07) is 9.92. The molecular formula is C22H21F2N5O2S. The Morgan fingerprint density at radius 1 is 1.16 bits per heavy atom. The number of amides is 1. The number of nitrogen functional groups attached to an aromatic ring is 1. The third-order valence-electron chi connectivity index (χ3n) is 5.23. The Hall–Kier alpha value is -3.37. The van der Waals surface area contributed by atoms with Crippen molar-refractivity contribution in [3.05, 3.63) is 70.1 Å². The number of hydrogen-bond donors (Lipinski definition) is 4. The summed E-state index contributed by atoms with van der Waals surface area (Å²) >= 11 is 0.890. The van der Waals surface area contributed by atoms with Crippen molar-refractivity contribution in [1.29, 1.82) is 0 Å². The van der Waals surface area contributed by atoms with Crippen molar-refractivity contribution >= 4 is 39.7 Å². The molecule has 32 heavy (non-hydrogen) atoms. The molecule has 0 unspecified atom stereocenters. The molecule has 3 aromatic rings. The number of carbonyl (C=O) groups excluding carboxylic acids is 2. The van der Waals surface area contributed by atoms with Crippen molar-refractivity contribution in [1.82, 2.24) is 15.6 Å². The highest BCUT2D eigenvalue weighted by atomic mass is 32.1. The van der Waals surface area contributed by atoms with Crippen LogP contribution in [0.25, 0.3) is 0 Å². The Morgan fingerprint density at radius 2 is 1.84 bits per heavy atom. The molecule has 7 nitrogen and oxygen atoms in total. The molecule has 0 radical (unpaired) electrons. The van der Waals surface area contributed by atoms with E-state index in [4.69, 9.17) is 5.73 Å². The quantitative estimate of drug-likeness (QED) is 0.422. The molecule has 0 bridgehead atoms. The molecule has 10 heteroatoms. The highest BCUT2D eigenvalue weighted by Crippen LogP contribution is 2.31. The van der Waals surface area contributed by atoms with Gasteiger partial charge < -0.3 is 21.7 Å². The molecule has 1 aliphatic heterocycles. The molecule has 2 aromatic carbocycles. The smallest absolute Gasteiger partial charge is 0.251 e. The number of hydrogen-bond acceptors (Lipinski definition) is 7. The van der Waals surface area contributed by atoms with Gasteiger partial charge in [-0.3, -0.25) is 9.59 Å². The summed E-state index contributed by atoms with van der Waals surface area (Å²) in [6.07, 6.45) is 0.863. The van der Waals surface area contributed by atoms with Gasteiger partial charge in [-0.15, -0.1) is 0 Å². The zero-order valence-corrected chi connectivity index (χ0v) is 18.0. The predicted octanol–water partition coefficient (Wildman–Crippen LogP) is 3.46. The van der Waals surface area contributed by atoms with Gasteiger partial charge in [0.2, 0.25) is 5.78 Å². The zero-order chi connectivity index (χ0) is 22.9. The largest absolute Gasteiger partial charge is 0.382 e.